The molecule has 4 heterocycles. The molecule has 4 rings (SSSR count). The lowest BCUT2D eigenvalue weighted by Gasteiger charge is -2.31. The van der Waals surface area contributed by atoms with E-state index in [2.05, 4.69) is 20.3 Å². The Morgan fingerprint density at radius 1 is 1.32 bits per heavy atom. The molecule has 10 nitrogen and oxygen atoms in total. The van der Waals surface area contributed by atoms with Crippen molar-refractivity contribution in [3.63, 3.8) is 0 Å². The first-order valence-corrected chi connectivity index (χ1v) is 10.5. The Bertz CT molecular complexity index is 1010. The van der Waals surface area contributed by atoms with Crippen molar-refractivity contribution in [3.05, 3.63) is 36.1 Å². The van der Waals surface area contributed by atoms with E-state index in [9.17, 15) is 8.42 Å². The average Bonchev–Trinajstić information content (AvgIpc) is 3.47. The summed E-state index contributed by atoms with van der Waals surface area (Å²) in [5.41, 5.74) is 0.608. The number of ether oxygens (including phenoxy) is 1. The third kappa shape index (κ3) is 3.60. The summed E-state index contributed by atoms with van der Waals surface area (Å²) in [5.74, 6) is 1.21. The number of hydrogen-bond donors (Lipinski definition) is 1. The first-order chi connectivity index (χ1) is 13.6. The van der Waals surface area contributed by atoms with Crippen molar-refractivity contribution in [1.82, 2.24) is 24.6 Å². The molecule has 1 atom stereocenters. The van der Waals surface area contributed by atoms with E-state index in [4.69, 9.17) is 13.7 Å². The van der Waals surface area contributed by atoms with E-state index < -0.39 is 16.1 Å². The Morgan fingerprint density at radius 2 is 2.21 bits per heavy atom. The number of sulfonamides is 1. The number of H-pyrrole nitrogens is 1. The molecule has 0 aliphatic carbocycles. The minimum atomic E-state index is -3.86. The predicted molar refractivity (Wildman–Crippen MR) is 96.7 cm³/mol. The molecule has 0 spiro atoms. The lowest BCUT2D eigenvalue weighted by Crippen LogP contribution is -2.38. The maximum Gasteiger partial charge on any atom is 0.277 e. The Balaban J connectivity index is 1.60. The van der Waals surface area contributed by atoms with Crippen LogP contribution < -0.4 is 0 Å². The van der Waals surface area contributed by atoms with Gasteiger partial charge in [-0.1, -0.05) is 11.6 Å². The van der Waals surface area contributed by atoms with Gasteiger partial charge >= 0.3 is 0 Å². The highest BCUT2D eigenvalue weighted by atomic mass is 32.2. The van der Waals surface area contributed by atoms with Crippen molar-refractivity contribution in [2.75, 3.05) is 20.3 Å². The standard InChI is InChI=1S/C17H21N5O5S/c1-25-11-8-15-19-17(27-21-15)13-4-2-3-10-22(13)28(23,24)16-6-5-14(26-16)12-7-9-18-20-12/h5-7,9,13H,2-4,8,10-11H2,1H3,(H,18,20). The minimum Gasteiger partial charge on any atom is -0.442 e. The van der Waals surface area contributed by atoms with E-state index in [0.29, 0.717) is 49.2 Å². The third-order valence-electron chi connectivity index (χ3n) is 4.66. The van der Waals surface area contributed by atoms with Gasteiger partial charge in [0.15, 0.2) is 11.6 Å². The van der Waals surface area contributed by atoms with Gasteiger partial charge in [0, 0.05) is 26.3 Å². The van der Waals surface area contributed by atoms with E-state index in [1.165, 1.54) is 10.4 Å². The molecule has 0 bridgehead atoms. The van der Waals surface area contributed by atoms with Crippen LogP contribution in [0.4, 0.5) is 0 Å². The molecule has 3 aromatic heterocycles. The molecule has 1 unspecified atom stereocenters. The van der Waals surface area contributed by atoms with Crippen LogP contribution in [0.3, 0.4) is 0 Å². The predicted octanol–water partition coefficient (Wildman–Crippen LogP) is 2.16. The normalized spacial score (nSPS) is 18.5. The zero-order chi connectivity index (χ0) is 19.6. The second-order valence-corrected chi connectivity index (χ2v) is 8.33. The molecule has 1 aliphatic heterocycles. The van der Waals surface area contributed by atoms with Crippen LogP contribution in [0.5, 0.6) is 0 Å². The lowest BCUT2D eigenvalue weighted by atomic mass is 10.1. The number of furan rings is 1. The summed E-state index contributed by atoms with van der Waals surface area (Å²) in [6.45, 7) is 0.831. The summed E-state index contributed by atoms with van der Waals surface area (Å²) in [6.07, 6.45) is 4.33. The van der Waals surface area contributed by atoms with Gasteiger partial charge in [0.1, 0.15) is 11.7 Å². The van der Waals surface area contributed by atoms with Crippen LogP contribution in [0.2, 0.25) is 0 Å². The molecule has 1 aliphatic rings. The fraction of sp³-hybridized carbons (Fsp3) is 0.471. The Labute approximate surface area is 161 Å². The van der Waals surface area contributed by atoms with Gasteiger partial charge in [-0.3, -0.25) is 5.10 Å². The maximum atomic E-state index is 13.2. The van der Waals surface area contributed by atoms with Crippen LogP contribution in [0.1, 0.15) is 37.0 Å². The van der Waals surface area contributed by atoms with E-state index in [-0.39, 0.29) is 5.09 Å². The van der Waals surface area contributed by atoms with Crippen LogP contribution >= 0.6 is 0 Å². The van der Waals surface area contributed by atoms with Gasteiger partial charge in [0.2, 0.25) is 11.0 Å². The quantitative estimate of drug-likeness (QED) is 0.631. The van der Waals surface area contributed by atoms with Gasteiger partial charge in [-0.25, -0.2) is 8.42 Å². The highest BCUT2D eigenvalue weighted by molar-refractivity contribution is 7.89. The van der Waals surface area contributed by atoms with Gasteiger partial charge in [-0.2, -0.15) is 14.4 Å². The van der Waals surface area contributed by atoms with Crippen LogP contribution in [0.15, 0.2) is 38.4 Å². The summed E-state index contributed by atoms with van der Waals surface area (Å²) in [7, 11) is -2.26. The van der Waals surface area contributed by atoms with E-state index in [0.717, 1.165) is 12.8 Å². The number of methoxy groups -OCH3 is 1. The first-order valence-electron chi connectivity index (χ1n) is 9.02. The van der Waals surface area contributed by atoms with Gasteiger partial charge in [0.05, 0.1) is 6.61 Å². The maximum absolute atomic E-state index is 13.2. The molecule has 1 saturated heterocycles. The summed E-state index contributed by atoms with van der Waals surface area (Å²) in [5, 5.41) is 10.4. The monoisotopic (exact) mass is 407 g/mol. The van der Waals surface area contributed by atoms with E-state index in [1.807, 2.05) is 0 Å². The molecular formula is C17H21N5O5S. The molecule has 3 aromatic rings. The molecule has 0 aromatic carbocycles. The van der Waals surface area contributed by atoms with Crippen LogP contribution in [-0.2, 0) is 21.2 Å². The number of aromatic amines is 1. The van der Waals surface area contributed by atoms with Gasteiger partial charge in [0.25, 0.3) is 10.0 Å². The Morgan fingerprint density at radius 3 is 3.00 bits per heavy atom. The first kappa shape index (κ1) is 18.8. The zero-order valence-electron chi connectivity index (χ0n) is 15.4. The topological polar surface area (TPSA) is 127 Å². The molecule has 0 amide bonds. The number of nitrogens with zero attached hydrogens (tertiary/aromatic N) is 4. The van der Waals surface area contributed by atoms with Crippen LogP contribution in [-0.4, -0.2) is 53.3 Å². The highest BCUT2D eigenvalue weighted by Gasteiger charge is 2.39. The summed E-state index contributed by atoms with van der Waals surface area (Å²) >= 11 is 0. The van der Waals surface area contributed by atoms with Gasteiger partial charge < -0.3 is 13.7 Å². The molecule has 11 heteroatoms. The molecule has 28 heavy (non-hydrogen) atoms. The van der Waals surface area contributed by atoms with Crippen molar-refractivity contribution >= 4 is 10.0 Å². The second kappa shape index (κ2) is 7.86. The smallest absolute Gasteiger partial charge is 0.277 e. The SMILES string of the molecule is COCCc1noc(C2CCCCN2S(=O)(=O)c2ccc(-c3ccn[nH]3)o2)n1. The van der Waals surface area contributed by atoms with Crippen LogP contribution in [0.25, 0.3) is 11.5 Å². The fourth-order valence-corrected chi connectivity index (χ4v) is 4.82. The molecular weight excluding hydrogens is 386 g/mol. The largest absolute Gasteiger partial charge is 0.442 e. The molecule has 1 fully saturated rings. The minimum absolute atomic E-state index is 0.122. The second-order valence-electron chi connectivity index (χ2n) is 6.51. The summed E-state index contributed by atoms with van der Waals surface area (Å²) < 4.78 is 43.8. The van der Waals surface area contributed by atoms with Crippen molar-refractivity contribution in [1.29, 1.82) is 0 Å². The zero-order valence-corrected chi connectivity index (χ0v) is 16.2. The highest BCUT2D eigenvalue weighted by Crippen LogP contribution is 2.36. The van der Waals surface area contributed by atoms with Crippen molar-refractivity contribution < 1.29 is 22.1 Å². The summed E-state index contributed by atoms with van der Waals surface area (Å²) in [4.78, 5) is 4.37. The van der Waals surface area contributed by atoms with E-state index in [1.54, 1.807) is 25.4 Å². The Hall–Kier alpha value is -2.50. The fourth-order valence-electron chi connectivity index (χ4n) is 3.25. The van der Waals surface area contributed by atoms with Gasteiger partial charge in [-0.05, 0) is 31.0 Å². The lowest BCUT2D eigenvalue weighted by molar-refractivity contribution is 0.197. The summed E-state index contributed by atoms with van der Waals surface area (Å²) in [6, 6.07) is 4.26. The average molecular weight is 407 g/mol. The van der Waals surface area contributed by atoms with E-state index >= 15 is 0 Å². The molecule has 0 saturated carbocycles. The third-order valence-corrected chi connectivity index (χ3v) is 6.45. The van der Waals surface area contributed by atoms with Crippen molar-refractivity contribution in [2.45, 2.75) is 36.8 Å². The number of rotatable bonds is 7. The molecule has 150 valence electrons. The molecule has 1 N–H and O–H groups in total. The van der Waals surface area contributed by atoms with Gasteiger partial charge in [-0.15, -0.1) is 0 Å². The van der Waals surface area contributed by atoms with Crippen molar-refractivity contribution in [2.24, 2.45) is 0 Å². The Kier molecular flexibility index (Phi) is 5.29. The number of nitrogens with one attached hydrogen (secondary N) is 1. The number of aromatic nitrogens is 4. The van der Waals surface area contributed by atoms with Crippen molar-refractivity contribution in [3.8, 4) is 11.5 Å². The molecule has 0 radical (unpaired) electrons. The number of piperidine rings is 1. The van der Waals surface area contributed by atoms with Crippen LogP contribution in [0, 0.1) is 0 Å². The number of hydrogen-bond acceptors (Lipinski definition) is 8.